The van der Waals surface area contributed by atoms with E-state index in [1.165, 1.54) is 12.1 Å². The molecular formula is C14H17BrFNO2. The summed E-state index contributed by atoms with van der Waals surface area (Å²) in [5, 5.41) is 12.4. The molecule has 2 atom stereocenters. The number of carbonyl (C=O) groups excluding carboxylic acids is 1. The van der Waals surface area contributed by atoms with Crippen molar-refractivity contribution in [2.75, 3.05) is 6.61 Å². The average molecular weight is 330 g/mol. The van der Waals surface area contributed by atoms with Crippen molar-refractivity contribution >= 4 is 21.8 Å². The van der Waals surface area contributed by atoms with Crippen LogP contribution in [0.4, 0.5) is 4.39 Å². The van der Waals surface area contributed by atoms with Gasteiger partial charge in [-0.3, -0.25) is 4.79 Å². The number of hydrogen-bond acceptors (Lipinski definition) is 2. The van der Waals surface area contributed by atoms with Gasteiger partial charge in [0.15, 0.2) is 0 Å². The van der Waals surface area contributed by atoms with Crippen LogP contribution in [0.5, 0.6) is 0 Å². The molecule has 1 aromatic carbocycles. The lowest BCUT2D eigenvalue weighted by molar-refractivity contribution is 0.0830. The summed E-state index contributed by atoms with van der Waals surface area (Å²) in [5.74, 6) is -0.748. The summed E-state index contributed by atoms with van der Waals surface area (Å²) in [7, 11) is 0. The van der Waals surface area contributed by atoms with Crippen LogP contribution in [0.15, 0.2) is 22.7 Å². The summed E-state index contributed by atoms with van der Waals surface area (Å²) in [6, 6.07) is 4.05. The Morgan fingerprint density at radius 3 is 2.95 bits per heavy atom. The van der Waals surface area contributed by atoms with E-state index in [9.17, 15) is 14.3 Å². The maximum Gasteiger partial charge on any atom is 0.251 e. The second-order valence-corrected chi connectivity index (χ2v) is 6.30. The molecule has 1 aromatic rings. The molecule has 0 aromatic heterocycles. The first-order valence-corrected chi connectivity index (χ1v) is 7.12. The monoisotopic (exact) mass is 329 g/mol. The fourth-order valence-electron chi connectivity index (χ4n) is 2.59. The number of benzene rings is 1. The molecule has 104 valence electrons. The Morgan fingerprint density at radius 1 is 1.58 bits per heavy atom. The predicted octanol–water partition coefficient (Wildman–Crippen LogP) is 2.87. The standard InChI is InChI=1S/C14H17BrFNO2/c1-14(8-18)4-2-3-12(14)17-13(19)9-5-10(15)7-11(16)6-9/h5-7,12,18H,2-4,8H2,1H3,(H,17,19). The number of aliphatic hydroxyl groups is 1. The molecule has 3 nitrogen and oxygen atoms in total. The van der Waals surface area contributed by atoms with Gasteiger partial charge in [0.2, 0.25) is 0 Å². The van der Waals surface area contributed by atoms with Gasteiger partial charge >= 0.3 is 0 Å². The summed E-state index contributed by atoms with van der Waals surface area (Å²) < 4.78 is 13.8. The molecule has 0 spiro atoms. The fourth-order valence-corrected chi connectivity index (χ4v) is 3.06. The highest BCUT2D eigenvalue weighted by atomic mass is 79.9. The molecule has 0 bridgehead atoms. The number of aliphatic hydroxyl groups excluding tert-OH is 1. The van der Waals surface area contributed by atoms with Gasteiger partial charge in [0.1, 0.15) is 5.82 Å². The number of amides is 1. The second-order valence-electron chi connectivity index (χ2n) is 5.39. The molecule has 1 saturated carbocycles. The average Bonchev–Trinajstić information content (AvgIpc) is 2.70. The predicted molar refractivity (Wildman–Crippen MR) is 74.4 cm³/mol. The van der Waals surface area contributed by atoms with E-state index in [1.807, 2.05) is 6.92 Å². The van der Waals surface area contributed by atoms with E-state index in [-0.39, 0.29) is 24.0 Å². The normalized spacial score (nSPS) is 26.4. The number of nitrogens with one attached hydrogen (secondary N) is 1. The van der Waals surface area contributed by atoms with E-state index in [0.717, 1.165) is 19.3 Å². The van der Waals surface area contributed by atoms with Crippen LogP contribution in [0.1, 0.15) is 36.5 Å². The number of halogens is 2. The molecule has 0 aliphatic heterocycles. The van der Waals surface area contributed by atoms with Crippen LogP contribution in [0.25, 0.3) is 0 Å². The minimum atomic E-state index is -0.448. The van der Waals surface area contributed by atoms with E-state index < -0.39 is 5.82 Å². The van der Waals surface area contributed by atoms with Gasteiger partial charge in [-0.2, -0.15) is 0 Å². The SMILES string of the molecule is CC1(CO)CCCC1NC(=O)c1cc(F)cc(Br)c1. The Bertz CT molecular complexity index is 474. The van der Waals surface area contributed by atoms with Gasteiger partial charge < -0.3 is 10.4 Å². The lowest BCUT2D eigenvalue weighted by atomic mass is 9.85. The zero-order valence-corrected chi connectivity index (χ0v) is 12.3. The Labute approximate surface area is 120 Å². The fraction of sp³-hybridized carbons (Fsp3) is 0.500. The van der Waals surface area contributed by atoms with Crippen LogP contribution in [0, 0.1) is 11.2 Å². The molecule has 1 aliphatic rings. The van der Waals surface area contributed by atoms with Gasteiger partial charge in [-0.25, -0.2) is 4.39 Å². The van der Waals surface area contributed by atoms with Crippen molar-refractivity contribution in [3.63, 3.8) is 0 Å². The Hall–Kier alpha value is -0.940. The highest BCUT2D eigenvalue weighted by Crippen LogP contribution is 2.37. The van der Waals surface area contributed by atoms with Crippen LogP contribution in [-0.4, -0.2) is 23.7 Å². The molecule has 1 fully saturated rings. The van der Waals surface area contributed by atoms with E-state index >= 15 is 0 Å². The van der Waals surface area contributed by atoms with Crippen LogP contribution in [0.2, 0.25) is 0 Å². The molecule has 19 heavy (non-hydrogen) atoms. The molecule has 0 heterocycles. The molecule has 1 aliphatic carbocycles. The molecule has 0 radical (unpaired) electrons. The Balaban J connectivity index is 2.13. The first-order valence-electron chi connectivity index (χ1n) is 6.32. The summed E-state index contributed by atoms with van der Waals surface area (Å²) in [5.41, 5.74) is 0.0132. The van der Waals surface area contributed by atoms with E-state index in [2.05, 4.69) is 21.2 Å². The van der Waals surface area contributed by atoms with E-state index in [4.69, 9.17) is 0 Å². The third kappa shape index (κ3) is 3.15. The smallest absolute Gasteiger partial charge is 0.251 e. The molecular weight excluding hydrogens is 313 g/mol. The van der Waals surface area contributed by atoms with Gasteiger partial charge in [0, 0.05) is 21.5 Å². The number of rotatable bonds is 3. The van der Waals surface area contributed by atoms with Gasteiger partial charge in [-0.05, 0) is 31.0 Å². The van der Waals surface area contributed by atoms with Crippen molar-refractivity contribution in [2.45, 2.75) is 32.2 Å². The Morgan fingerprint density at radius 2 is 2.32 bits per heavy atom. The maximum absolute atomic E-state index is 13.3. The topological polar surface area (TPSA) is 49.3 Å². The van der Waals surface area contributed by atoms with Crippen molar-refractivity contribution in [2.24, 2.45) is 5.41 Å². The second kappa shape index (κ2) is 5.59. The molecule has 1 amide bonds. The van der Waals surface area contributed by atoms with Crippen molar-refractivity contribution in [3.8, 4) is 0 Å². The highest BCUT2D eigenvalue weighted by molar-refractivity contribution is 9.10. The van der Waals surface area contributed by atoms with Crippen LogP contribution >= 0.6 is 15.9 Å². The molecule has 2 rings (SSSR count). The summed E-state index contributed by atoms with van der Waals surface area (Å²) in [6.07, 6.45) is 2.72. The van der Waals surface area contributed by atoms with Gasteiger partial charge in [0.25, 0.3) is 5.91 Å². The van der Waals surface area contributed by atoms with Crippen molar-refractivity contribution in [1.82, 2.24) is 5.32 Å². The van der Waals surface area contributed by atoms with Crippen molar-refractivity contribution in [1.29, 1.82) is 0 Å². The zero-order chi connectivity index (χ0) is 14.0. The van der Waals surface area contributed by atoms with Crippen LogP contribution in [-0.2, 0) is 0 Å². The largest absolute Gasteiger partial charge is 0.396 e. The lowest BCUT2D eigenvalue weighted by Crippen LogP contribution is -2.44. The highest BCUT2D eigenvalue weighted by Gasteiger charge is 2.39. The molecule has 5 heteroatoms. The lowest BCUT2D eigenvalue weighted by Gasteiger charge is -2.30. The van der Waals surface area contributed by atoms with Gasteiger partial charge in [-0.1, -0.05) is 29.3 Å². The summed E-state index contributed by atoms with van der Waals surface area (Å²) >= 11 is 3.17. The van der Waals surface area contributed by atoms with Crippen LogP contribution in [0.3, 0.4) is 0 Å². The first kappa shape index (κ1) is 14.5. The van der Waals surface area contributed by atoms with Crippen LogP contribution < -0.4 is 5.32 Å². The third-order valence-electron chi connectivity index (χ3n) is 3.87. The minimum absolute atomic E-state index is 0.0464. The quantitative estimate of drug-likeness (QED) is 0.895. The maximum atomic E-state index is 13.3. The number of hydrogen-bond donors (Lipinski definition) is 2. The van der Waals surface area contributed by atoms with E-state index in [1.54, 1.807) is 6.07 Å². The molecule has 2 unspecified atom stereocenters. The van der Waals surface area contributed by atoms with E-state index in [0.29, 0.717) is 10.0 Å². The number of carbonyl (C=O) groups is 1. The summed E-state index contributed by atoms with van der Waals surface area (Å²) in [4.78, 5) is 12.1. The minimum Gasteiger partial charge on any atom is -0.396 e. The summed E-state index contributed by atoms with van der Waals surface area (Å²) in [6.45, 7) is 2.01. The molecule has 0 saturated heterocycles. The van der Waals surface area contributed by atoms with Gasteiger partial charge in [0.05, 0.1) is 6.61 Å². The van der Waals surface area contributed by atoms with Gasteiger partial charge in [-0.15, -0.1) is 0 Å². The van der Waals surface area contributed by atoms with Crippen molar-refractivity contribution in [3.05, 3.63) is 34.1 Å². The van der Waals surface area contributed by atoms with Crippen molar-refractivity contribution < 1.29 is 14.3 Å². The zero-order valence-electron chi connectivity index (χ0n) is 10.7. The first-order chi connectivity index (χ1) is 8.94. The molecule has 2 N–H and O–H groups in total. The third-order valence-corrected chi connectivity index (χ3v) is 4.33. The Kier molecular flexibility index (Phi) is 4.26.